The average molecular weight is 631 g/mol. The van der Waals surface area contributed by atoms with Crippen molar-refractivity contribution in [2.75, 3.05) is 24.9 Å². The molecule has 0 saturated carbocycles. The first-order valence-corrected chi connectivity index (χ1v) is 15.3. The van der Waals surface area contributed by atoms with E-state index >= 15 is 0 Å². The van der Waals surface area contributed by atoms with Gasteiger partial charge in [-0.15, -0.1) is 0 Å². The number of methoxy groups -OCH3 is 2. The van der Waals surface area contributed by atoms with Crippen LogP contribution in [0.5, 0.6) is 11.5 Å². The van der Waals surface area contributed by atoms with Crippen molar-refractivity contribution in [3.05, 3.63) is 145 Å². The molecular weight excluding hydrogens is 600 g/mol. The molecule has 8 heteroatoms. The third-order valence-electron chi connectivity index (χ3n) is 8.06. The molecule has 0 saturated heterocycles. The van der Waals surface area contributed by atoms with Crippen LogP contribution in [-0.4, -0.2) is 36.0 Å². The van der Waals surface area contributed by atoms with Crippen molar-refractivity contribution >= 4 is 45.0 Å². The predicted molar refractivity (Wildman–Crippen MR) is 190 cm³/mol. The number of nitrogens with zero attached hydrogens (tertiary/aromatic N) is 2. The summed E-state index contributed by atoms with van der Waals surface area (Å²) in [6.45, 7) is 0. The van der Waals surface area contributed by atoms with Gasteiger partial charge in [0.25, 0.3) is 11.8 Å². The van der Waals surface area contributed by atoms with E-state index in [4.69, 9.17) is 19.4 Å². The highest BCUT2D eigenvalue weighted by atomic mass is 16.5. The Hall–Kier alpha value is -6.54. The third kappa shape index (κ3) is 6.15. The molecule has 0 aliphatic heterocycles. The number of carbonyl (C=O) groups excluding carboxylic acids is 2. The lowest BCUT2D eigenvalue weighted by molar-refractivity contribution is 0.102. The SMILES string of the molecule is COc1ccc(NC(=O)c2cc(-c3ccccc3)nc3cc4nc(-c5ccccc5)cc(C(=O)Nc5ccc(OC)cc5)c4cc23)cc1. The first kappa shape index (κ1) is 30.1. The molecule has 0 aliphatic carbocycles. The van der Waals surface area contributed by atoms with Gasteiger partial charge in [0.2, 0.25) is 0 Å². The van der Waals surface area contributed by atoms with Crippen LogP contribution in [0.4, 0.5) is 11.4 Å². The van der Waals surface area contributed by atoms with Gasteiger partial charge in [-0.25, -0.2) is 9.97 Å². The number of fused-ring (bicyclic) bond motifs is 2. The van der Waals surface area contributed by atoms with Crippen LogP contribution in [0, 0.1) is 0 Å². The van der Waals surface area contributed by atoms with Crippen molar-refractivity contribution in [3.8, 4) is 34.0 Å². The summed E-state index contributed by atoms with van der Waals surface area (Å²) in [5, 5.41) is 7.19. The fourth-order valence-electron chi connectivity index (χ4n) is 5.58. The molecule has 7 rings (SSSR count). The second-order valence-corrected chi connectivity index (χ2v) is 11.1. The highest BCUT2D eigenvalue weighted by Crippen LogP contribution is 2.33. The minimum atomic E-state index is -0.317. The first-order valence-electron chi connectivity index (χ1n) is 15.3. The van der Waals surface area contributed by atoms with Gasteiger partial charge in [-0.3, -0.25) is 9.59 Å². The summed E-state index contributed by atoms with van der Waals surface area (Å²) in [5.74, 6) is 0.732. The van der Waals surface area contributed by atoms with Gasteiger partial charge < -0.3 is 20.1 Å². The lowest BCUT2D eigenvalue weighted by Gasteiger charge is -2.15. The van der Waals surface area contributed by atoms with E-state index in [0.29, 0.717) is 67.2 Å². The molecule has 0 spiro atoms. The minimum absolute atomic E-state index is 0.317. The molecule has 0 atom stereocenters. The van der Waals surface area contributed by atoms with E-state index in [1.54, 1.807) is 74.9 Å². The summed E-state index contributed by atoms with van der Waals surface area (Å²) in [7, 11) is 3.19. The molecule has 48 heavy (non-hydrogen) atoms. The molecule has 234 valence electrons. The summed E-state index contributed by atoms with van der Waals surface area (Å²) in [6.07, 6.45) is 0. The summed E-state index contributed by atoms with van der Waals surface area (Å²) in [5.41, 5.74) is 6.19. The van der Waals surface area contributed by atoms with E-state index in [2.05, 4.69) is 10.6 Å². The van der Waals surface area contributed by atoms with Crippen LogP contribution in [-0.2, 0) is 0 Å². The van der Waals surface area contributed by atoms with E-state index in [1.807, 2.05) is 72.8 Å². The van der Waals surface area contributed by atoms with Crippen molar-refractivity contribution in [2.24, 2.45) is 0 Å². The molecule has 0 fully saturated rings. The molecule has 2 heterocycles. The maximum absolute atomic E-state index is 14.0. The summed E-state index contributed by atoms with van der Waals surface area (Å²) in [6, 6.07) is 40.9. The number of ether oxygens (including phenoxy) is 2. The third-order valence-corrected chi connectivity index (χ3v) is 8.06. The number of aromatic nitrogens is 2. The molecule has 0 unspecified atom stereocenters. The predicted octanol–water partition coefficient (Wildman–Crippen LogP) is 8.64. The average Bonchev–Trinajstić information content (AvgIpc) is 3.14. The van der Waals surface area contributed by atoms with Crippen LogP contribution < -0.4 is 20.1 Å². The van der Waals surface area contributed by atoms with Gasteiger partial charge in [-0.1, -0.05) is 60.7 Å². The summed E-state index contributed by atoms with van der Waals surface area (Å²) < 4.78 is 10.5. The Kier molecular flexibility index (Phi) is 8.20. The van der Waals surface area contributed by atoms with Crippen LogP contribution >= 0.6 is 0 Å². The van der Waals surface area contributed by atoms with E-state index in [-0.39, 0.29) is 11.8 Å². The molecule has 7 aromatic rings. The highest BCUT2D eigenvalue weighted by Gasteiger charge is 2.20. The minimum Gasteiger partial charge on any atom is -0.497 e. The zero-order valence-electron chi connectivity index (χ0n) is 26.2. The monoisotopic (exact) mass is 630 g/mol. The number of hydrogen-bond donors (Lipinski definition) is 2. The Balaban J connectivity index is 1.41. The van der Waals surface area contributed by atoms with Gasteiger partial charge in [0, 0.05) is 33.3 Å². The van der Waals surface area contributed by atoms with E-state index in [9.17, 15) is 9.59 Å². The van der Waals surface area contributed by atoms with E-state index < -0.39 is 0 Å². The number of anilines is 2. The zero-order chi connectivity index (χ0) is 33.0. The quantitative estimate of drug-likeness (QED) is 0.163. The fraction of sp³-hybridized carbons (Fsp3) is 0.0500. The lowest BCUT2D eigenvalue weighted by atomic mass is 9.98. The zero-order valence-corrected chi connectivity index (χ0v) is 26.2. The van der Waals surface area contributed by atoms with Crippen LogP contribution in [0.1, 0.15) is 20.7 Å². The summed E-state index contributed by atoms with van der Waals surface area (Å²) in [4.78, 5) is 37.9. The Morgan fingerprint density at radius 3 is 1.27 bits per heavy atom. The molecule has 0 aliphatic rings. The highest BCUT2D eigenvalue weighted by molar-refractivity contribution is 6.18. The normalized spacial score (nSPS) is 10.9. The van der Waals surface area contributed by atoms with Crippen molar-refractivity contribution in [2.45, 2.75) is 0 Å². The van der Waals surface area contributed by atoms with Gasteiger partial charge >= 0.3 is 0 Å². The standard InChI is InChI=1S/C40H30N4O4/c1-47-29-17-13-27(14-18-29)41-39(45)33-22-35(25-9-5-3-6-10-25)43-37-24-38-32(21-31(33)37)34(23-36(44-38)26-11-7-4-8-12-26)40(46)42-28-15-19-30(48-2)20-16-28/h3-24H,1-2H3,(H,41,45)(H,42,46). The maximum atomic E-state index is 14.0. The largest absolute Gasteiger partial charge is 0.497 e. The molecule has 2 N–H and O–H groups in total. The molecule has 0 radical (unpaired) electrons. The number of carbonyl (C=O) groups is 2. The summed E-state index contributed by atoms with van der Waals surface area (Å²) >= 11 is 0. The van der Waals surface area contributed by atoms with Gasteiger partial charge in [0.05, 0.1) is 47.8 Å². The number of hydrogen-bond acceptors (Lipinski definition) is 6. The van der Waals surface area contributed by atoms with Crippen LogP contribution in [0.3, 0.4) is 0 Å². The molecule has 2 amide bonds. The molecule has 2 aromatic heterocycles. The molecule has 5 aromatic carbocycles. The van der Waals surface area contributed by atoms with E-state index in [0.717, 1.165) is 11.1 Å². The fourth-order valence-corrected chi connectivity index (χ4v) is 5.58. The van der Waals surface area contributed by atoms with Crippen LogP contribution in [0.25, 0.3) is 44.3 Å². The number of nitrogens with one attached hydrogen (secondary N) is 2. The van der Waals surface area contributed by atoms with Gasteiger partial charge in [0.15, 0.2) is 0 Å². The Bertz CT molecular complexity index is 2110. The van der Waals surface area contributed by atoms with Crippen molar-refractivity contribution in [1.29, 1.82) is 0 Å². The van der Waals surface area contributed by atoms with E-state index in [1.165, 1.54) is 0 Å². The van der Waals surface area contributed by atoms with Crippen molar-refractivity contribution in [1.82, 2.24) is 9.97 Å². The smallest absolute Gasteiger partial charge is 0.256 e. The molecule has 8 nitrogen and oxygen atoms in total. The van der Waals surface area contributed by atoms with Crippen molar-refractivity contribution in [3.63, 3.8) is 0 Å². The number of amides is 2. The lowest BCUT2D eigenvalue weighted by Crippen LogP contribution is -2.14. The Morgan fingerprint density at radius 1 is 0.500 bits per heavy atom. The Morgan fingerprint density at radius 2 is 0.896 bits per heavy atom. The first-order chi connectivity index (χ1) is 23.5. The maximum Gasteiger partial charge on any atom is 0.256 e. The number of pyridine rings is 2. The molecule has 0 bridgehead atoms. The van der Waals surface area contributed by atoms with Gasteiger partial charge in [0.1, 0.15) is 11.5 Å². The second-order valence-electron chi connectivity index (χ2n) is 11.1. The van der Waals surface area contributed by atoms with Crippen molar-refractivity contribution < 1.29 is 19.1 Å². The van der Waals surface area contributed by atoms with Crippen LogP contribution in [0.2, 0.25) is 0 Å². The Labute approximate surface area is 277 Å². The van der Waals surface area contributed by atoms with Gasteiger partial charge in [-0.2, -0.15) is 0 Å². The second kappa shape index (κ2) is 13.1. The molecular formula is C40H30N4O4. The number of rotatable bonds is 8. The topological polar surface area (TPSA) is 102 Å². The van der Waals surface area contributed by atoms with Gasteiger partial charge in [-0.05, 0) is 72.8 Å². The van der Waals surface area contributed by atoms with Crippen LogP contribution in [0.15, 0.2) is 133 Å². The number of benzene rings is 5.